The third kappa shape index (κ3) is 3.83. The van der Waals surface area contributed by atoms with Crippen molar-refractivity contribution in [2.24, 2.45) is 5.92 Å². The van der Waals surface area contributed by atoms with E-state index in [4.69, 9.17) is 13.1 Å². The summed E-state index contributed by atoms with van der Waals surface area (Å²) in [7, 11) is 5.89. The zero-order chi connectivity index (χ0) is 16.1. The van der Waals surface area contributed by atoms with Crippen LogP contribution in [0.15, 0.2) is 23.0 Å². The van der Waals surface area contributed by atoms with Crippen LogP contribution in [-0.2, 0) is 0 Å². The molecule has 2 aromatic heterocycles. The standard InChI is InChI=1S/C14H14BN5OS/c1-9(2)7-20(19-14(21)10-3-4-22-8-10)13-11(15)6-17-12(5-16)18-13/h3-4,6,8-9H,7H2,1-2H3,(H,19,21). The van der Waals surface area contributed by atoms with Crippen LogP contribution in [0.5, 0.6) is 0 Å². The molecular weight excluding hydrogens is 297 g/mol. The Morgan fingerprint density at radius 3 is 2.95 bits per heavy atom. The molecule has 2 radical (unpaired) electrons. The SMILES string of the molecule is [B]c1cnc(C#N)nc1N(CC(C)C)NC(=O)c1ccsc1. The highest BCUT2D eigenvalue weighted by Crippen LogP contribution is 2.10. The van der Waals surface area contributed by atoms with Crippen molar-refractivity contribution in [3.8, 4) is 6.07 Å². The maximum atomic E-state index is 12.2. The molecule has 0 saturated heterocycles. The van der Waals surface area contributed by atoms with E-state index >= 15 is 0 Å². The Morgan fingerprint density at radius 1 is 1.59 bits per heavy atom. The van der Waals surface area contributed by atoms with Gasteiger partial charge in [-0.1, -0.05) is 13.8 Å². The van der Waals surface area contributed by atoms with Gasteiger partial charge in [-0.3, -0.25) is 15.2 Å². The van der Waals surface area contributed by atoms with E-state index in [0.717, 1.165) is 0 Å². The Morgan fingerprint density at radius 2 is 2.36 bits per heavy atom. The molecule has 0 fully saturated rings. The maximum Gasteiger partial charge on any atom is 0.270 e. The Hall–Kier alpha value is -2.40. The number of nitrogens with one attached hydrogen (secondary N) is 1. The van der Waals surface area contributed by atoms with Crippen LogP contribution < -0.4 is 15.9 Å². The summed E-state index contributed by atoms with van der Waals surface area (Å²) in [6, 6.07) is 3.60. The Balaban J connectivity index is 2.30. The molecule has 8 heteroatoms. The minimum absolute atomic E-state index is 0.00254. The predicted molar refractivity (Wildman–Crippen MR) is 86.1 cm³/mol. The van der Waals surface area contributed by atoms with Crippen LogP contribution in [0.2, 0.25) is 0 Å². The third-order valence-electron chi connectivity index (χ3n) is 2.72. The predicted octanol–water partition coefficient (Wildman–Crippen LogP) is 1.01. The van der Waals surface area contributed by atoms with Crippen LogP contribution in [0.4, 0.5) is 5.82 Å². The Kier molecular flexibility index (Phi) is 5.12. The van der Waals surface area contributed by atoms with E-state index in [0.29, 0.717) is 23.4 Å². The van der Waals surface area contributed by atoms with E-state index in [9.17, 15) is 4.79 Å². The van der Waals surface area contributed by atoms with E-state index in [-0.39, 0.29) is 17.6 Å². The van der Waals surface area contributed by atoms with Crippen molar-refractivity contribution in [3.05, 3.63) is 34.4 Å². The van der Waals surface area contributed by atoms with Crippen LogP contribution in [0.25, 0.3) is 0 Å². The van der Waals surface area contributed by atoms with Crippen LogP contribution in [0, 0.1) is 17.2 Å². The van der Waals surface area contributed by atoms with Gasteiger partial charge in [-0.2, -0.15) is 16.6 Å². The number of nitriles is 1. The highest BCUT2D eigenvalue weighted by atomic mass is 32.1. The molecule has 110 valence electrons. The van der Waals surface area contributed by atoms with Crippen molar-refractivity contribution in [3.63, 3.8) is 0 Å². The van der Waals surface area contributed by atoms with Crippen molar-refractivity contribution >= 4 is 36.4 Å². The van der Waals surface area contributed by atoms with Crippen molar-refractivity contribution in [2.75, 3.05) is 11.6 Å². The van der Waals surface area contributed by atoms with Gasteiger partial charge in [-0.05, 0) is 22.8 Å². The molecule has 0 aromatic carbocycles. The second kappa shape index (κ2) is 7.05. The molecule has 1 amide bonds. The summed E-state index contributed by atoms with van der Waals surface area (Å²) >= 11 is 1.44. The van der Waals surface area contributed by atoms with Gasteiger partial charge in [0.1, 0.15) is 19.7 Å². The summed E-state index contributed by atoms with van der Waals surface area (Å²) < 4.78 is 0. The van der Waals surface area contributed by atoms with Gasteiger partial charge in [0.25, 0.3) is 5.91 Å². The Labute approximate surface area is 134 Å². The van der Waals surface area contributed by atoms with Gasteiger partial charge in [0.2, 0.25) is 5.82 Å². The average Bonchev–Trinajstić information content (AvgIpc) is 3.01. The smallest absolute Gasteiger partial charge is 0.268 e. The molecular formula is C14H14BN5OS. The largest absolute Gasteiger partial charge is 0.270 e. The van der Waals surface area contributed by atoms with Crippen molar-refractivity contribution in [2.45, 2.75) is 13.8 Å². The van der Waals surface area contributed by atoms with Crippen molar-refractivity contribution in [1.82, 2.24) is 15.4 Å². The quantitative estimate of drug-likeness (QED) is 0.658. The van der Waals surface area contributed by atoms with Gasteiger partial charge in [-0.15, -0.1) is 0 Å². The lowest BCUT2D eigenvalue weighted by Crippen LogP contribution is -2.47. The molecule has 1 N–H and O–H groups in total. The van der Waals surface area contributed by atoms with Crippen molar-refractivity contribution in [1.29, 1.82) is 5.26 Å². The van der Waals surface area contributed by atoms with Gasteiger partial charge < -0.3 is 0 Å². The number of hydrogen-bond donors (Lipinski definition) is 1. The van der Waals surface area contributed by atoms with Gasteiger partial charge in [0.15, 0.2) is 0 Å². The molecule has 6 nitrogen and oxygen atoms in total. The summed E-state index contributed by atoms with van der Waals surface area (Å²) in [5, 5.41) is 14.1. The maximum absolute atomic E-state index is 12.2. The number of anilines is 1. The summed E-state index contributed by atoms with van der Waals surface area (Å²) in [6.45, 7) is 4.51. The van der Waals surface area contributed by atoms with Crippen molar-refractivity contribution < 1.29 is 4.79 Å². The number of amides is 1. The molecule has 22 heavy (non-hydrogen) atoms. The molecule has 2 heterocycles. The zero-order valence-corrected chi connectivity index (χ0v) is 13.1. The summed E-state index contributed by atoms with van der Waals surface area (Å²) in [5.41, 5.74) is 3.64. The summed E-state index contributed by atoms with van der Waals surface area (Å²) in [4.78, 5) is 20.1. The number of rotatable bonds is 5. The molecule has 0 spiro atoms. The third-order valence-corrected chi connectivity index (χ3v) is 3.40. The summed E-state index contributed by atoms with van der Waals surface area (Å²) in [6.07, 6.45) is 1.37. The van der Waals surface area contributed by atoms with Gasteiger partial charge in [0, 0.05) is 18.1 Å². The summed E-state index contributed by atoms with van der Waals surface area (Å²) in [5.74, 6) is 0.327. The molecule has 0 unspecified atom stereocenters. The number of carbonyl (C=O) groups excluding carboxylic acids is 1. The van der Waals surface area contributed by atoms with E-state index in [2.05, 4.69) is 15.4 Å². The van der Waals surface area contributed by atoms with Crippen LogP contribution >= 0.6 is 11.3 Å². The number of aromatic nitrogens is 2. The topological polar surface area (TPSA) is 81.9 Å². The number of thiophene rings is 1. The number of hydrogen-bond acceptors (Lipinski definition) is 6. The number of nitrogens with zero attached hydrogens (tertiary/aromatic N) is 4. The molecule has 0 aliphatic rings. The normalized spacial score (nSPS) is 10.3. The number of carbonyl (C=O) groups is 1. The second-order valence-corrected chi connectivity index (χ2v) is 5.82. The first-order chi connectivity index (χ1) is 10.5. The molecule has 0 bridgehead atoms. The Bertz CT molecular complexity index is 696. The monoisotopic (exact) mass is 311 g/mol. The van der Waals surface area contributed by atoms with E-state index in [1.165, 1.54) is 17.5 Å². The molecule has 0 atom stereocenters. The molecule has 0 aliphatic heterocycles. The van der Waals surface area contributed by atoms with Gasteiger partial charge in [-0.25, -0.2) is 9.97 Å². The molecule has 2 rings (SSSR count). The number of hydrazine groups is 1. The van der Waals surface area contributed by atoms with E-state index < -0.39 is 0 Å². The fraction of sp³-hybridized carbons (Fsp3) is 0.286. The second-order valence-electron chi connectivity index (χ2n) is 5.04. The molecule has 2 aromatic rings. The van der Waals surface area contributed by atoms with E-state index in [1.54, 1.807) is 16.5 Å². The average molecular weight is 311 g/mol. The van der Waals surface area contributed by atoms with Gasteiger partial charge in [0.05, 0.1) is 5.56 Å². The van der Waals surface area contributed by atoms with Gasteiger partial charge >= 0.3 is 0 Å². The minimum Gasteiger partial charge on any atom is -0.268 e. The molecule has 0 saturated carbocycles. The highest BCUT2D eigenvalue weighted by Gasteiger charge is 2.17. The fourth-order valence-electron chi connectivity index (χ4n) is 1.78. The van der Waals surface area contributed by atoms with E-state index in [1.807, 2.05) is 25.3 Å². The minimum atomic E-state index is -0.251. The molecule has 0 aliphatic carbocycles. The van der Waals surface area contributed by atoms with Crippen LogP contribution in [0.3, 0.4) is 0 Å². The van der Waals surface area contributed by atoms with Crippen LogP contribution in [0.1, 0.15) is 30.0 Å². The van der Waals surface area contributed by atoms with Crippen LogP contribution in [-0.4, -0.2) is 30.3 Å². The first-order valence-electron chi connectivity index (χ1n) is 6.64. The zero-order valence-electron chi connectivity index (χ0n) is 12.3. The lowest BCUT2D eigenvalue weighted by atomic mass is 9.98. The first kappa shape index (κ1) is 16.0. The highest BCUT2D eigenvalue weighted by molar-refractivity contribution is 7.08. The first-order valence-corrected chi connectivity index (χ1v) is 7.59. The lowest BCUT2D eigenvalue weighted by Gasteiger charge is -2.27. The fourth-order valence-corrected chi connectivity index (χ4v) is 2.42. The lowest BCUT2D eigenvalue weighted by molar-refractivity contribution is 0.0948.